The van der Waals surface area contributed by atoms with E-state index < -0.39 is 5.82 Å². The molecule has 1 unspecified atom stereocenters. The predicted molar refractivity (Wildman–Crippen MR) is 138 cm³/mol. The number of amides is 1. The Balaban J connectivity index is 0.00000320. The molecule has 1 fully saturated rings. The molecule has 9 nitrogen and oxygen atoms in total. The lowest BCUT2D eigenvalue weighted by atomic mass is 10.0. The minimum atomic E-state index is -0.562. The van der Waals surface area contributed by atoms with Gasteiger partial charge in [-0.3, -0.25) is 4.79 Å². The molecule has 5 rings (SSSR count). The van der Waals surface area contributed by atoms with Crippen LogP contribution in [0.1, 0.15) is 41.9 Å². The Morgan fingerprint density at radius 3 is 2.86 bits per heavy atom. The van der Waals surface area contributed by atoms with Crippen LogP contribution in [-0.4, -0.2) is 53.4 Å². The van der Waals surface area contributed by atoms with E-state index in [0.29, 0.717) is 35.8 Å². The van der Waals surface area contributed by atoms with Crippen molar-refractivity contribution in [1.29, 1.82) is 5.26 Å². The number of halogens is 1. The highest BCUT2D eigenvalue weighted by atomic mass is 19.1. The average molecular weight is 505 g/mol. The molecule has 192 valence electrons. The van der Waals surface area contributed by atoms with Crippen LogP contribution in [0.15, 0.2) is 42.6 Å². The van der Waals surface area contributed by atoms with E-state index in [0.717, 1.165) is 18.7 Å². The topological polar surface area (TPSA) is 123 Å². The van der Waals surface area contributed by atoms with Crippen molar-refractivity contribution < 1.29 is 19.0 Å². The average Bonchev–Trinajstić information content (AvgIpc) is 3.47. The molecule has 0 radical (unpaired) electrons. The van der Waals surface area contributed by atoms with Crippen molar-refractivity contribution in [3.8, 4) is 17.3 Å². The molecular weight excluding hydrogens is 475 g/mol. The van der Waals surface area contributed by atoms with Gasteiger partial charge in [-0.05, 0) is 36.8 Å². The largest absolute Gasteiger partial charge is 0.391 e. The molecule has 2 aliphatic rings. The Morgan fingerprint density at radius 1 is 1.32 bits per heavy atom. The maximum Gasteiger partial charge on any atom is 0.255 e. The molecule has 0 spiro atoms. The second-order valence-corrected chi connectivity index (χ2v) is 8.92. The summed E-state index contributed by atoms with van der Waals surface area (Å²) in [6.45, 7) is 1.35. The van der Waals surface area contributed by atoms with Crippen molar-refractivity contribution in [2.24, 2.45) is 0 Å². The second kappa shape index (κ2) is 10.9. The number of nitriles is 1. The van der Waals surface area contributed by atoms with E-state index in [1.165, 1.54) is 18.2 Å². The van der Waals surface area contributed by atoms with E-state index in [1.54, 1.807) is 18.3 Å². The molecule has 1 aromatic carbocycles. The van der Waals surface area contributed by atoms with E-state index in [9.17, 15) is 19.6 Å². The maximum atomic E-state index is 14.7. The van der Waals surface area contributed by atoms with Crippen molar-refractivity contribution in [3.63, 3.8) is 0 Å². The first-order chi connectivity index (χ1) is 17.4. The van der Waals surface area contributed by atoms with Gasteiger partial charge in [-0.15, -0.1) is 0 Å². The SMILES string of the molecule is C.CN(CC[C@@H]1CC(O)CO1)c1ccc(Nc2cc(-c3c(F)cccc3C#N)nc3c2C(=O)NC3)nc1. The molecule has 4 heterocycles. The lowest BCUT2D eigenvalue weighted by Gasteiger charge is -2.21. The first kappa shape index (κ1) is 26.0. The van der Waals surface area contributed by atoms with Crippen molar-refractivity contribution in [2.45, 2.75) is 39.0 Å². The number of fused-ring (bicyclic) bond motifs is 1. The van der Waals surface area contributed by atoms with Gasteiger partial charge in [0.05, 0.1) is 77.1 Å². The number of carbonyl (C=O) groups is 1. The van der Waals surface area contributed by atoms with Gasteiger partial charge in [-0.1, -0.05) is 13.5 Å². The van der Waals surface area contributed by atoms with E-state index in [4.69, 9.17) is 4.74 Å². The van der Waals surface area contributed by atoms with Crippen LogP contribution >= 0.6 is 0 Å². The van der Waals surface area contributed by atoms with Crippen molar-refractivity contribution >= 4 is 23.1 Å². The Hall–Kier alpha value is -4.07. The van der Waals surface area contributed by atoms with Gasteiger partial charge in [0.15, 0.2) is 0 Å². The third-order valence-electron chi connectivity index (χ3n) is 6.43. The van der Waals surface area contributed by atoms with Gasteiger partial charge in [0.1, 0.15) is 11.6 Å². The molecule has 3 aromatic rings. The standard InChI is InChI=1S/C26H25FN6O3.CH4/c1-33(8-7-18-9-17(34)14-36-18)16-5-6-23(29-12-16)32-21-10-20(31-22-13-30-26(35)25(21)22)24-15(11-28)3-2-4-19(24)27;/h2-6,10,12,17-18,34H,7-9,13-14H2,1H3,(H,30,35)(H,29,31,32);1H4/t17?,18-;/m1./s1. The van der Waals surface area contributed by atoms with Gasteiger partial charge in [-0.2, -0.15) is 5.26 Å². The zero-order chi connectivity index (χ0) is 25.2. The van der Waals surface area contributed by atoms with Gasteiger partial charge < -0.3 is 25.4 Å². The van der Waals surface area contributed by atoms with Crippen LogP contribution in [0.25, 0.3) is 11.3 Å². The lowest BCUT2D eigenvalue weighted by Crippen LogP contribution is -2.23. The van der Waals surface area contributed by atoms with Crippen LogP contribution in [0, 0.1) is 17.1 Å². The fourth-order valence-corrected chi connectivity index (χ4v) is 4.51. The molecule has 0 saturated carbocycles. The van der Waals surface area contributed by atoms with E-state index in [2.05, 4.69) is 25.5 Å². The van der Waals surface area contributed by atoms with E-state index in [-0.39, 0.29) is 48.9 Å². The van der Waals surface area contributed by atoms with E-state index in [1.807, 2.05) is 19.2 Å². The third kappa shape index (κ3) is 5.38. The van der Waals surface area contributed by atoms with Crippen molar-refractivity contribution in [3.05, 3.63) is 65.2 Å². The maximum absolute atomic E-state index is 14.7. The van der Waals surface area contributed by atoms with E-state index >= 15 is 0 Å². The summed E-state index contributed by atoms with van der Waals surface area (Å²) in [5.74, 6) is -0.341. The summed E-state index contributed by atoms with van der Waals surface area (Å²) in [6, 6.07) is 11.6. The second-order valence-electron chi connectivity index (χ2n) is 8.92. The summed E-state index contributed by atoms with van der Waals surface area (Å²) in [5, 5.41) is 25.0. The first-order valence-electron chi connectivity index (χ1n) is 11.7. The lowest BCUT2D eigenvalue weighted by molar-refractivity contribution is 0.0855. The Labute approximate surface area is 214 Å². The summed E-state index contributed by atoms with van der Waals surface area (Å²) >= 11 is 0. The number of benzene rings is 1. The molecule has 2 atom stereocenters. The summed E-state index contributed by atoms with van der Waals surface area (Å²) in [5.41, 5.74) is 2.70. The van der Waals surface area contributed by atoms with Gasteiger partial charge in [-0.25, -0.2) is 14.4 Å². The molecule has 1 saturated heterocycles. The molecule has 2 aliphatic heterocycles. The number of aliphatic hydroxyl groups excluding tert-OH is 1. The highest BCUT2D eigenvalue weighted by Gasteiger charge is 2.27. The molecule has 2 aromatic heterocycles. The zero-order valence-corrected chi connectivity index (χ0v) is 19.7. The van der Waals surface area contributed by atoms with Crippen LogP contribution in [0.4, 0.5) is 21.6 Å². The summed E-state index contributed by atoms with van der Waals surface area (Å²) < 4.78 is 20.2. The van der Waals surface area contributed by atoms with Crippen molar-refractivity contribution in [1.82, 2.24) is 15.3 Å². The number of pyridine rings is 2. The molecule has 10 heteroatoms. The Kier molecular flexibility index (Phi) is 7.66. The van der Waals surface area contributed by atoms with Crippen LogP contribution in [-0.2, 0) is 11.3 Å². The number of nitrogens with one attached hydrogen (secondary N) is 2. The van der Waals surface area contributed by atoms with Gasteiger partial charge in [0.25, 0.3) is 5.91 Å². The van der Waals surface area contributed by atoms with Gasteiger partial charge >= 0.3 is 0 Å². The number of aliphatic hydroxyl groups is 1. The molecule has 3 N–H and O–H groups in total. The smallest absolute Gasteiger partial charge is 0.255 e. The number of hydrogen-bond donors (Lipinski definition) is 3. The number of anilines is 3. The Bertz CT molecular complexity index is 1340. The zero-order valence-electron chi connectivity index (χ0n) is 19.7. The molecule has 37 heavy (non-hydrogen) atoms. The highest BCUT2D eigenvalue weighted by molar-refractivity contribution is 6.04. The first-order valence-corrected chi connectivity index (χ1v) is 11.7. The number of hydrogen-bond acceptors (Lipinski definition) is 8. The summed E-state index contributed by atoms with van der Waals surface area (Å²) in [4.78, 5) is 23.5. The van der Waals surface area contributed by atoms with Gasteiger partial charge in [0.2, 0.25) is 0 Å². The number of ether oxygens (including phenoxy) is 1. The van der Waals surface area contributed by atoms with Crippen LogP contribution < -0.4 is 15.5 Å². The predicted octanol–water partition coefficient (Wildman–Crippen LogP) is 3.75. The minimum absolute atomic E-state index is 0. The summed E-state index contributed by atoms with van der Waals surface area (Å²) in [7, 11) is 1.96. The fourth-order valence-electron chi connectivity index (χ4n) is 4.51. The number of carbonyl (C=O) groups excluding carboxylic acids is 1. The van der Waals surface area contributed by atoms with Gasteiger partial charge in [0, 0.05) is 20.0 Å². The minimum Gasteiger partial charge on any atom is -0.391 e. The number of nitrogens with zero attached hydrogens (tertiary/aromatic N) is 4. The third-order valence-corrected chi connectivity index (χ3v) is 6.43. The summed E-state index contributed by atoms with van der Waals surface area (Å²) in [6.07, 6.45) is 2.86. The normalized spacial score (nSPS) is 17.9. The number of rotatable bonds is 7. The van der Waals surface area contributed by atoms with Crippen LogP contribution in [0.5, 0.6) is 0 Å². The van der Waals surface area contributed by atoms with Crippen molar-refractivity contribution in [2.75, 3.05) is 30.4 Å². The molecule has 0 bridgehead atoms. The van der Waals surface area contributed by atoms with Crippen LogP contribution in [0.2, 0.25) is 0 Å². The quantitative estimate of drug-likeness (QED) is 0.445. The molecular formula is C27H29FN6O3. The molecule has 1 amide bonds. The molecule has 0 aliphatic carbocycles. The van der Waals surface area contributed by atoms with Crippen LogP contribution in [0.3, 0.4) is 0 Å². The Morgan fingerprint density at radius 2 is 2.16 bits per heavy atom. The number of aromatic nitrogens is 2. The highest BCUT2D eigenvalue weighted by Crippen LogP contribution is 2.33. The monoisotopic (exact) mass is 504 g/mol. The fraction of sp³-hybridized carbons (Fsp3) is 0.333.